The van der Waals surface area contributed by atoms with E-state index in [2.05, 4.69) is 48.5 Å². The monoisotopic (exact) mass is 200 g/mol. The lowest BCUT2D eigenvalue weighted by Crippen LogP contribution is -2.17. The molecule has 0 N–H and O–H groups in total. The zero-order chi connectivity index (χ0) is 11.6. The SMILES string of the molecule is CCC.CCC(C)CC(C)(CC)CC. The summed E-state index contributed by atoms with van der Waals surface area (Å²) in [5.74, 6) is 0.903. The molecule has 14 heavy (non-hydrogen) atoms. The number of hydrogen-bond donors (Lipinski definition) is 0. The summed E-state index contributed by atoms with van der Waals surface area (Å²) in [6, 6.07) is 0. The summed E-state index contributed by atoms with van der Waals surface area (Å²) in [6.07, 6.45) is 6.63. The van der Waals surface area contributed by atoms with E-state index in [1.165, 1.54) is 32.1 Å². The number of rotatable bonds is 5. The molecule has 0 heterocycles. The van der Waals surface area contributed by atoms with Crippen LogP contribution in [-0.2, 0) is 0 Å². The minimum Gasteiger partial charge on any atom is -0.0656 e. The summed E-state index contributed by atoms with van der Waals surface area (Å²) in [5, 5.41) is 0. The predicted octanol–water partition coefficient (Wildman–Crippen LogP) is 5.67. The van der Waals surface area contributed by atoms with Crippen LogP contribution < -0.4 is 0 Å². The second kappa shape index (κ2) is 9.55. The molecule has 0 aromatic heterocycles. The van der Waals surface area contributed by atoms with Crippen LogP contribution >= 0.6 is 0 Å². The van der Waals surface area contributed by atoms with Crippen molar-refractivity contribution >= 4 is 0 Å². The Morgan fingerprint density at radius 3 is 1.50 bits per heavy atom. The molecular formula is C14H32. The van der Waals surface area contributed by atoms with Gasteiger partial charge in [-0.2, -0.15) is 0 Å². The van der Waals surface area contributed by atoms with Crippen molar-refractivity contribution in [2.24, 2.45) is 11.3 Å². The van der Waals surface area contributed by atoms with E-state index in [0.29, 0.717) is 5.41 Å². The van der Waals surface area contributed by atoms with Gasteiger partial charge in [0.05, 0.1) is 0 Å². The molecule has 0 spiro atoms. The average Bonchev–Trinajstić information content (AvgIpc) is 2.18. The Morgan fingerprint density at radius 2 is 1.29 bits per heavy atom. The topological polar surface area (TPSA) is 0 Å². The molecule has 1 atom stereocenters. The first kappa shape index (κ1) is 16.4. The van der Waals surface area contributed by atoms with Gasteiger partial charge < -0.3 is 0 Å². The summed E-state index contributed by atoms with van der Waals surface area (Å²) in [4.78, 5) is 0. The maximum absolute atomic E-state index is 2.42. The van der Waals surface area contributed by atoms with Crippen molar-refractivity contribution in [2.45, 2.75) is 80.6 Å². The van der Waals surface area contributed by atoms with E-state index in [4.69, 9.17) is 0 Å². The molecule has 0 nitrogen and oxygen atoms in total. The lowest BCUT2D eigenvalue weighted by atomic mass is 9.77. The Balaban J connectivity index is 0. The molecule has 0 radical (unpaired) electrons. The maximum atomic E-state index is 2.42. The minimum atomic E-state index is 0.607. The van der Waals surface area contributed by atoms with Crippen LogP contribution in [0.25, 0.3) is 0 Å². The fraction of sp³-hybridized carbons (Fsp3) is 1.00. The second-order valence-corrected chi connectivity index (χ2v) is 4.94. The molecule has 0 aliphatic heterocycles. The van der Waals surface area contributed by atoms with Crippen molar-refractivity contribution < 1.29 is 0 Å². The van der Waals surface area contributed by atoms with Gasteiger partial charge in [0.2, 0.25) is 0 Å². The highest BCUT2D eigenvalue weighted by Gasteiger charge is 2.21. The normalized spacial score (nSPS) is 13.1. The van der Waals surface area contributed by atoms with Crippen LogP contribution in [0.5, 0.6) is 0 Å². The van der Waals surface area contributed by atoms with Crippen LogP contribution in [-0.4, -0.2) is 0 Å². The first-order chi connectivity index (χ1) is 6.49. The fourth-order valence-corrected chi connectivity index (χ4v) is 1.52. The lowest BCUT2D eigenvalue weighted by molar-refractivity contribution is 0.225. The lowest BCUT2D eigenvalue weighted by Gasteiger charge is -2.29. The minimum absolute atomic E-state index is 0.607. The molecule has 0 saturated heterocycles. The van der Waals surface area contributed by atoms with E-state index in [9.17, 15) is 0 Å². The van der Waals surface area contributed by atoms with Gasteiger partial charge in [-0.3, -0.25) is 0 Å². The maximum Gasteiger partial charge on any atom is -0.0329 e. The molecule has 0 rings (SSSR count). The van der Waals surface area contributed by atoms with Crippen LogP contribution in [0.15, 0.2) is 0 Å². The van der Waals surface area contributed by atoms with Gasteiger partial charge in [0.25, 0.3) is 0 Å². The van der Waals surface area contributed by atoms with Gasteiger partial charge >= 0.3 is 0 Å². The Kier molecular flexibility index (Phi) is 11.2. The van der Waals surface area contributed by atoms with E-state index in [-0.39, 0.29) is 0 Å². The zero-order valence-corrected chi connectivity index (χ0v) is 11.6. The van der Waals surface area contributed by atoms with Crippen LogP contribution in [0.4, 0.5) is 0 Å². The van der Waals surface area contributed by atoms with E-state index < -0.39 is 0 Å². The Morgan fingerprint density at radius 1 is 0.929 bits per heavy atom. The average molecular weight is 200 g/mol. The highest BCUT2D eigenvalue weighted by atomic mass is 14.3. The van der Waals surface area contributed by atoms with E-state index in [0.717, 1.165) is 5.92 Å². The van der Waals surface area contributed by atoms with Crippen molar-refractivity contribution in [3.8, 4) is 0 Å². The Bertz CT molecular complexity index is 101. The van der Waals surface area contributed by atoms with Gasteiger partial charge in [-0.1, -0.05) is 74.1 Å². The van der Waals surface area contributed by atoms with Crippen LogP contribution in [0.2, 0.25) is 0 Å². The number of hydrogen-bond acceptors (Lipinski definition) is 0. The fourth-order valence-electron chi connectivity index (χ4n) is 1.52. The van der Waals surface area contributed by atoms with Gasteiger partial charge in [0, 0.05) is 0 Å². The molecule has 1 unspecified atom stereocenters. The second-order valence-electron chi connectivity index (χ2n) is 4.94. The molecule has 0 saturated carbocycles. The van der Waals surface area contributed by atoms with Gasteiger partial charge in [-0.15, -0.1) is 0 Å². The largest absolute Gasteiger partial charge is 0.0656 e. The molecule has 0 amide bonds. The van der Waals surface area contributed by atoms with Gasteiger partial charge in [0.1, 0.15) is 0 Å². The molecule has 0 aromatic rings. The van der Waals surface area contributed by atoms with Crippen LogP contribution in [0.1, 0.15) is 80.6 Å². The standard InChI is InChI=1S/C11H24.C3H8/c1-6-10(4)9-11(5,7-2)8-3;1-3-2/h10H,6-9H2,1-5H3;3H2,1-2H3. The van der Waals surface area contributed by atoms with Crippen molar-refractivity contribution in [3.63, 3.8) is 0 Å². The highest BCUT2D eigenvalue weighted by molar-refractivity contribution is 4.72. The van der Waals surface area contributed by atoms with Crippen molar-refractivity contribution in [1.29, 1.82) is 0 Å². The van der Waals surface area contributed by atoms with E-state index in [1.807, 2.05) is 0 Å². The zero-order valence-electron chi connectivity index (χ0n) is 11.6. The summed E-state index contributed by atoms with van der Waals surface area (Å²) < 4.78 is 0. The molecule has 0 heteroatoms. The molecule has 0 bridgehead atoms. The quantitative estimate of drug-likeness (QED) is 0.537. The smallest absolute Gasteiger partial charge is 0.0329 e. The summed E-state index contributed by atoms with van der Waals surface area (Å²) in [7, 11) is 0. The third-order valence-corrected chi connectivity index (χ3v) is 3.25. The highest BCUT2D eigenvalue weighted by Crippen LogP contribution is 2.33. The molecule has 0 aromatic carbocycles. The van der Waals surface area contributed by atoms with Gasteiger partial charge in [-0.25, -0.2) is 0 Å². The summed E-state index contributed by atoms with van der Waals surface area (Å²) in [5.41, 5.74) is 0.607. The molecular weight excluding hydrogens is 168 g/mol. The van der Waals surface area contributed by atoms with Crippen molar-refractivity contribution in [3.05, 3.63) is 0 Å². The summed E-state index contributed by atoms with van der Waals surface area (Å²) in [6.45, 7) is 15.9. The van der Waals surface area contributed by atoms with E-state index in [1.54, 1.807) is 0 Å². The third kappa shape index (κ3) is 8.59. The molecule has 0 aliphatic rings. The Hall–Kier alpha value is 0. The first-order valence-electron chi connectivity index (χ1n) is 6.49. The van der Waals surface area contributed by atoms with Gasteiger partial charge in [0.15, 0.2) is 0 Å². The van der Waals surface area contributed by atoms with E-state index >= 15 is 0 Å². The molecule has 0 fully saturated rings. The summed E-state index contributed by atoms with van der Waals surface area (Å²) >= 11 is 0. The third-order valence-electron chi connectivity index (χ3n) is 3.25. The van der Waals surface area contributed by atoms with Crippen molar-refractivity contribution in [1.82, 2.24) is 0 Å². The predicted molar refractivity (Wildman–Crippen MR) is 68.7 cm³/mol. The van der Waals surface area contributed by atoms with Crippen molar-refractivity contribution in [2.75, 3.05) is 0 Å². The molecule has 88 valence electrons. The molecule has 0 aliphatic carbocycles. The van der Waals surface area contributed by atoms with Crippen LogP contribution in [0.3, 0.4) is 0 Å². The first-order valence-corrected chi connectivity index (χ1v) is 6.49. The van der Waals surface area contributed by atoms with Crippen LogP contribution in [0, 0.1) is 11.3 Å². The Labute approximate surface area is 92.5 Å². The van der Waals surface area contributed by atoms with Gasteiger partial charge in [-0.05, 0) is 17.8 Å².